The molecule has 0 aliphatic carbocycles. The van der Waals surface area contributed by atoms with E-state index >= 15 is 0 Å². The molecule has 36 heavy (non-hydrogen) atoms. The number of amides is 4. The van der Waals surface area contributed by atoms with E-state index in [1.165, 1.54) is 19.1 Å². The molecular formula is C23H36N6O7. The van der Waals surface area contributed by atoms with E-state index in [2.05, 4.69) is 16.0 Å². The number of hydrogen-bond acceptors (Lipinski definition) is 8. The molecule has 1 aromatic rings. The molecule has 0 bridgehead atoms. The Morgan fingerprint density at radius 1 is 0.861 bits per heavy atom. The van der Waals surface area contributed by atoms with Crippen molar-refractivity contribution in [3.63, 3.8) is 0 Å². The van der Waals surface area contributed by atoms with Crippen LogP contribution in [0.2, 0.25) is 0 Å². The molecule has 0 saturated carbocycles. The number of carbonyl (C=O) groups is 5. The Labute approximate surface area is 209 Å². The number of nitrogens with one attached hydrogen (secondary N) is 3. The van der Waals surface area contributed by atoms with Crippen LogP contribution in [0.15, 0.2) is 24.3 Å². The van der Waals surface area contributed by atoms with Crippen LogP contribution in [-0.4, -0.2) is 70.5 Å². The molecule has 0 spiro atoms. The van der Waals surface area contributed by atoms with Crippen LogP contribution in [-0.2, 0) is 30.4 Å². The van der Waals surface area contributed by atoms with Crippen molar-refractivity contribution in [2.45, 2.75) is 69.6 Å². The molecule has 0 aromatic heterocycles. The molecule has 0 aliphatic heterocycles. The number of rotatable bonds is 16. The second-order valence-corrected chi connectivity index (χ2v) is 8.47. The smallest absolute Gasteiger partial charge is 0.326 e. The number of carboxylic acids is 1. The SMILES string of the molecule is CC(N)C(=O)NC(Cc1ccc(O)cc1)C(=O)NC(CCC(N)=O)C(=O)NC(CCCCN)C(=O)O. The number of phenolic OH excluding ortho intramolecular Hbond substituents is 1. The summed E-state index contributed by atoms with van der Waals surface area (Å²) in [4.78, 5) is 61.1. The number of carboxylic acid groups (broad SMARTS) is 1. The van der Waals surface area contributed by atoms with Gasteiger partial charge >= 0.3 is 5.97 Å². The monoisotopic (exact) mass is 508 g/mol. The van der Waals surface area contributed by atoms with Gasteiger partial charge < -0.3 is 43.4 Å². The summed E-state index contributed by atoms with van der Waals surface area (Å²) in [5.41, 5.74) is 16.8. The fourth-order valence-corrected chi connectivity index (χ4v) is 3.23. The Balaban J connectivity index is 3.07. The van der Waals surface area contributed by atoms with Crippen molar-refractivity contribution in [1.29, 1.82) is 0 Å². The molecule has 0 radical (unpaired) electrons. The number of hydrogen-bond donors (Lipinski definition) is 8. The highest BCUT2D eigenvalue weighted by Gasteiger charge is 2.30. The van der Waals surface area contributed by atoms with Crippen LogP contribution in [0.3, 0.4) is 0 Å². The maximum absolute atomic E-state index is 13.1. The summed E-state index contributed by atoms with van der Waals surface area (Å²) >= 11 is 0. The first-order chi connectivity index (χ1) is 16.9. The standard InChI is InChI=1S/C23H36N6O7/c1-13(25)20(32)29-18(12-14-5-7-15(30)8-6-14)22(34)27-16(9-10-19(26)31)21(33)28-17(23(35)36)4-2-3-11-24/h5-8,13,16-18,30H,2-4,9-12,24-25H2,1H3,(H2,26,31)(H,27,34)(H,28,33)(H,29,32)(H,35,36). The Morgan fingerprint density at radius 3 is 1.94 bits per heavy atom. The maximum atomic E-state index is 13.1. The number of phenols is 1. The zero-order valence-electron chi connectivity index (χ0n) is 20.2. The third kappa shape index (κ3) is 11.1. The number of benzene rings is 1. The van der Waals surface area contributed by atoms with E-state index in [1.54, 1.807) is 12.1 Å². The van der Waals surface area contributed by atoms with Crippen LogP contribution in [0.25, 0.3) is 0 Å². The number of unbranched alkanes of at least 4 members (excludes halogenated alkanes) is 1. The van der Waals surface area contributed by atoms with Crippen LogP contribution in [0, 0.1) is 0 Å². The van der Waals surface area contributed by atoms with Crippen LogP contribution in [0.5, 0.6) is 5.75 Å². The van der Waals surface area contributed by atoms with Gasteiger partial charge in [0.1, 0.15) is 23.9 Å². The first-order valence-electron chi connectivity index (χ1n) is 11.6. The van der Waals surface area contributed by atoms with Crippen LogP contribution in [0.1, 0.15) is 44.6 Å². The number of aliphatic carboxylic acids is 1. The summed E-state index contributed by atoms with van der Waals surface area (Å²) in [7, 11) is 0. The average Bonchev–Trinajstić information content (AvgIpc) is 2.81. The van der Waals surface area contributed by atoms with E-state index in [0.29, 0.717) is 24.9 Å². The van der Waals surface area contributed by atoms with Gasteiger partial charge in [-0.15, -0.1) is 0 Å². The number of aromatic hydroxyl groups is 1. The third-order valence-electron chi connectivity index (χ3n) is 5.30. The zero-order chi connectivity index (χ0) is 27.3. The predicted octanol–water partition coefficient (Wildman–Crippen LogP) is -1.78. The largest absolute Gasteiger partial charge is 0.508 e. The molecular weight excluding hydrogens is 472 g/mol. The summed E-state index contributed by atoms with van der Waals surface area (Å²) in [5, 5.41) is 26.3. The van der Waals surface area contributed by atoms with E-state index in [4.69, 9.17) is 17.2 Å². The first-order valence-corrected chi connectivity index (χ1v) is 11.6. The topological polar surface area (TPSA) is 240 Å². The minimum Gasteiger partial charge on any atom is -0.508 e. The van der Waals surface area contributed by atoms with Crippen LogP contribution in [0.4, 0.5) is 0 Å². The zero-order valence-corrected chi connectivity index (χ0v) is 20.2. The minimum absolute atomic E-state index is 0.00553. The van der Waals surface area contributed by atoms with E-state index in [1.807, 2.05) is 0 Å². The molecule has 0 aliphatic rings. The van der Waals surface area contributed by atoms with E-state index in [9.17, 15) is 34.2 Å². The van der Waals surface area contributed by atoms with E-state index in [0.717, 1.165) is 0 Å². The van der Waals surface area contributed by atoms with Crippen LogP contribution < -0.4 is 33.2 Å². The van der Waals surface area contributed by atoms with Gasteiger partial charge in [0.05, 0.1) is 6.04 Å². The van der Waals surface area contributed by atoms with Crippen molar-refractivity contribution in [2.75, 3.05) is 6.54 Å². The van der Waals surface area contributed by atoms with Gasteiger partial charge in [-0.2, -0.15) is 0 Å². The molecule has 1 rings (SSSR count). The number of primary amides is 1. The lowest BCUT2D eigenvalue weighted by Crippen LogP contribution is -2.57. The summed E-state index contributed by atoms with van der Waals surface area (Å²) < 4.78 is 0. The summed E-state index contributed by atoms with van der Waals surface area (Å²) in [6, 6.07) is 1.36. The molecule has 4 amide bonds. The molecule has 4 unspecified atom stereocenters. The molecule has 200 valence electrons. The molecule has 0 fully saturated rings. The lowest BCUT2D eigenvalue weighted by molar-refractivity contribution is -0.142. The van der Waals surface area contributed by atoms with Crippen molar-refractivity contribution in [2.24, 2.45) is 17.2 Å². The number of carbonyl (C=O) groups excluding carboxylic acids is 4. The lowest BCUT2D eigenvalue weighted by atomic mass is 10.0. The highest BCUT2D eigenvalue weighted by atomic mass is 16.4. The second-order valence-electron chi connectivity index (χ2n) is 8.47. The van der Waals surface area contributed by atoms with Gasteiger partial charge in [-0.3, -0.25) is 19.2 Å². The van der Waals surface area contributed by atoms with E-state index in [-0.39, 0.29) is 31.4 Å². The second kappa shape index (κ2) is 15.3. The Bertz CT molecular complexity index is 907. The molecule has 13 nitrogen and oxygen atoms in total. The van der Waals surface area contributed by atoms with Gasteiger partial charge in [-0.25, -0.2) is 4.79 Å². The summed E-state index contributed by atoms with van der Waals surface area (Å²) in [6.45, 7) is 1.80. The van der Waals surface area contributed by atoms with Gasteiger partial charge in [-0.05, 0) is 56.8 Å². The van der Waals surface area contributed by atoms with Gasteiger partial charge in [-0.1, -0.05) is 12.1 Å². The fourth-order valence-electron chi connectivity index (χ4n) is 3.23. The molecule has 13 heteroatoms. The van der Waals surface area contributed by atoms with Crippen molar-refractivity contribution >= 4 is 29.6 Å². The third-order valence-corrected chi connectivity index (χ3v) is 5.30. The van der Waals surface area contributed by atoms with Crippen molar-refractivity contribution in [3.05, 3.63) is 29.8 Å². The van der Waals surface area contributed by atoms with Crippen molar-refractivity contribution in [3.8, 4) is 5.75 Å². The highest BCUT2D eigenvalue weighted by molar-refractivity contribution is 5.94. The molecule has 0 saturated heterocycles. The van der Waals surface area contributed by atoms with Gasteiger partial charge in [0.2, 0.25) is 23.6 Å². The normalized spacial score (nSPS) is 14.1. The predicted molar refractivity (Wildman–Crippen MR) is 130 cm³/mol. The Hall–Kier alpha value is -3.71. The maximum Gasteiger partial charge on any atom is 0.326 e. The fraction of sp³-hybridized carbons (Fsp3) is 0.522. The van der Waals surface area contributed by atoms with Gasteiger partial charge in [0, 0.05) is 12.8 Å². The van der Waals surface area contributed by atoms with Gasteiger partial charge in [0.25, 0.3) is 0 Å². The minimum atomic E-state index is -1.30. The first kappa shape index (κ1) is 30.3. The highest BCUT2D eigenvalue weighted by Crippen LogP contribution is 2.12. The molecule has 4 atom stereocenters. The van der Waals surface area contributed by atoms with Crippen molar-refractivity contribution in [1.82, 2.24) is 16.0 Å². The van der Waals surface area contributed by atoms with E-state index < -0.39 is 53.8 Å². The molecule has 11 N–H and O–H groups in total. The summed E-state index contributed by atoms with van der Waals surface area (Å²) in [6.07, 6.45) is 0.728. The average molecular weight is 509 g/mol. The Kier molecular flexibility index (Phi) is 12.9. The van der Waals surface area contributed by atoms with Gasteiger partial charge in [0.15, 0.2) is 0 Å². The van der Waals surface area contributed by atoms with Crippen molar-refractivity contribution < 1.29 is 34.2 Å². The van der Waals surface area contributed by atoms with Crippen LogP contribution >= 0.6 is 0 Å². The quantitative estimate of drug-likeness (QED) is 0.117. The molecule has 0 heterocycles. The lowest BCUT2D eigenvalue weighted by Gasteiger charge is -2.25. The molecule has 1 aromatic carbocycles. The number of nitrogens with two attached hydrogens (primary N) is 3. The summed E-state index contributed by atoms with van der Waals surface area (Å²) in [5.74, 6) is -4.14. The Morgan fingerprint density at radius 2 is 1.42 bits per heavy atom.